The summed E-state index contributed by atoms with van der Waals surface area (Å²) in [4.78, 5) is 8.39. The molecule has 0 saturated carbocycles. The Balaban J connectivity index is 2.88. The van der Waals surface area contributed by atoms with Gasteiger partial charge >= 0.3 is 6.18 Å². The fraction of sp³-hybridized carbons (Fsp3) is 0.500. The molecular formula is C8H11F3N4. The zero-order valence-corrected chi connectivity index (χ0v) is 8.12. The van der Waals surface area contributed by atoms with Crippen LogP contribution in [0.25, 0.3) is 0 Å². The van der Waals surface area contributed by atoms with Crippen LogP contribution < -0.4 is 10.6 Å². The van der Waals surface area contributed by atoms with Gasteiger partial charge in [-0.15, -0.1) is 0 Å². The fourth-order valence-electron chi connectivity index (χ4n) is 1.15. The van der Waals surface area contributed by atoms with Crippen LogP contribution in [0, 0.1) is 0 Å². The molecule has 15 heavy (non-hydrogen) atoms. The molecular weight excluding hydrogens is 209 g/mol. The predicted octanol–water partition coefficient (Wildman–Crippen LogP) is 1.45. The molecule has 1 aromatic heterocycles. The normalized spacial score (nSPS) is 11.5. The molecule has 1 rings (SSSR count). The van der Waals surface area contributed by atoms with Gasteiger partial charge in [-0.1, -0.05) is 0 Å². The van der Waals surface area contributed by atoms with E-state index in [2.05, 4.69) is 9.97 Å². The Kier molecular flexibility index (Phi) is 3.33. The largest absolute Gasteiger partial charge is 0.405 e. The van der Waals surface area contributed by atoms with Crippen molar-refractivity contribution < 1.29 is 13.2 Å². The van der Waals surface area contributed by atoms with E-state index in [1.165, 1.54) is 12.5 Å². The van der Waals surface area contributed by atoms with E-state index in [0.717, 1.165) is 4.90 Å². The minimum absolute atomic E-state index is 0.116. The predicted molar refractivity (Wildman–Crippen MR) is 50.4 cm³/mol. The molecule has 1 heterocycles. The Hall–Kier alpha value is -1.53. The number of rotatable bonds is 3. The highest BCUT2D eigenvalue weighted by atomic mass is 19.4. The Labute approximate surface area is 84.9 Å². The quantitative estimate of drug-likeness (QED) is 0.837. The van der Waals surface area contributed by atoms with E-state index in [4.69, 9.17) is 5.73 Å². The van der Waals surface area contributed by atoms with Crippen molar-refractivity contribution in [2.75, 3.05) is 23.7 Å². The Morgan fingerprint density at radius 2 is 2.13 bits per heavy atom. The molecule has 0 aliphatic carbocycles. The van der Waals surface area contributed by atoms with Crippen molar-refractivity contribution in [2.45, 2.75) is 13.1 Å². The monoisotopic (exact) mass is 220 g/mol. The molecule has 0 unspecified atom stereocenters. The maximum absolute atomic E-state index is 12.2. The number of halogens is 3. The number of hydrogen-bond acceptors (Lipinski definition) is 4. The molecule has 0 spiro atoms. The van der Waals surface area contributed by atoms with Crippen molar-refractivity contribution in [1.82, 2.24) is 9.97 Å². The lowest BCUT2D eigenvalue weighted by molar-refractivity contribution is -0.119. The van der Waals surface area contributed by atoms with Crippen LogP contribution in [-0.4, -0.2) is 29.2 Å². The standard InChI is InChI=1S/C8H11F3N4/c1-2-15(4-8(9,10)11)7-6(12)3-13-5-14-7/h3,5H,2,4,12H2,1H3. The number of nitrogens with zero attached hydrogens (tertiary/aromatic N) is 3. The molecule has 84 valence electrons. The summed E-state index contributed by atoms with van der Waals surface area (Å²) in [5.41, 5.74) is 5.62. The molecule has 4 nitrogen and oxygen atoms in total. The molecule has 2 N–H and O–H groups in total. The van der Waals surface area contributed by atoms with Gasteiger partial charge in [0, 0.05) is 6.54 Å². The Morgan fingerprint density at radius 3 is 2.60 bits per heavy atom. The lowest BCUT2D eigenvalue weighted by atomic mass is 10.4. The first-order chi connectivity index (χ1) is 6.94. The van der Waals surface area contributed by atoms with Crippen LogP contribution in [0.2, 0.25) is 0 Å². The van der Waals surface area contributed by atoms with Crippen molar-refractivity contribution in [3.8, 4) is 0 Å². The van der Waals surface area contributed by atoms with Crippen LogP contribution in [0.3, 0.4) is 0 Å². The van der Waals surface area contributed by atoms with Crippen LogP contribution in [-0.2, 0) is 0 Å². The molecule has 0 fully saturated rings. The lowest BCUT2D eigenvalue weighted by Crippen LogP contribution is -2.35. The third kappa shape index (κ3) is 3.26. The highest BCUT2D eigenvalue weighted by Crippen LogP contribution is 2.23. The van der Waals surface area contributed by atoms with E-state index in [-0.39, 0.29) is 18.1 Å². The fourth-order valence-corrected chi connectivity index (χ4v) is 1.15. The second kappa shape index (κ2) is 4.33. The topological polar surface area (TPSA) is 55.0 Å². The van der Waals surface area contributed by atoms with Gasteiger partial charge in [0.25, 0.3) is 0 Å². The summed E-state index contributed by atoms with van der Waals surface area (Å²) in [6.45, 7) is 0.721. The highest BCUT2D eigenvalue weighted by molar-refractivity contribution is 5.60. The van der Waals surface area contributed by atoms with Crippen molar-refractivity contribution in [2.24, 2.45) is 0 Å². The van der Waals surface area contributed by atoms with Crippen LogP contribution in [0.4, 0.5) is 24.7 Å². The highest BCUT2D eigenvalue weighted by Gasteiger charge is 2.31. The van der Waals surface area contributed by atoms with Gasteiger partial charge < -0.3 is 10.6 Å². The second-order valence-electron chi connectivity index (χ2n) is 2.93. The van der Waals surface area contributed by atoms with Gasteiger partial charge in [0.2, 0.25) is 0 Å². The van der Waals surface area contributed by atoms with Gasteiger partial charge in [-0.2, -0.15) is 13.2 Å². The van der Waals surface area contributed by atoms with Crippen LogP contribution in [0.5, 0.6) is 0 Å². The summed E-state index contributed by atoms with van der Waals surface area (Å²) >= 11 is 0. The van der Waals surface area contributed by atoms with E-state index in [1.807, 2.05) is 0 Å². The second-order valence-corrected chi connectivity index (χ2v) is 2.93. The molecule has 0 aliphatic rings. The first kappa shape index (κ1) is 11.5. The minimum atomic E-state index is -4.27. The van der Waals surface area contributed by atoms with Crippen molar-refractivity contribution in [3.05, 3.63) is 12.5 Å². The van der Waals surface area contributed by atoms with Crippen molar-refractivity contribution in [3.63, 3.8) is 0 Å². The lowest BCUT2D eigenvalue weighted by Gasteiger charge is -2.23. The summed E-state index contributed by atoms with van der Waals surface area (Å²) in [5, 5.41) is 0. The Morgan fingerprint density at radius 1 is 1.47 bits per heavy atom. The summed E-state index contributed by atoms with van der Waals surface area (Å²) < 4.78 is 36.6. The van der Waals surface area contributed by atoms with E-state index in [9.17, 15) is 13.2 Å². The number of anilines is 2. The van der Waals surface area contributed by atoms with E-state index < -0.39 is 12.7 Å². The molecule has 0 bridgehead atoms. The molecule has 0 radical (unpaired) electrons. The van der Waals surface area contributed by atoms with Crippen LogP contribution in [0.1, 0.15) is 6.92 Å². The first-order valence-electron chi connectivity index (χ1n) is 4.31. The van der Waals surface area contributed by atoms with Crippen molar-refractivity contribution >= 4 is 11.5 Å². The van der Waals surface area contributed by atoms with Gasteiger partial charge in [0.15, 0.2) is 5.82 Å². The number of aromatic nitrogens is 2. The van der Waals surface area contributed by atoms with E-state index in [0.29, 0.717) is 0 Å². The molecule has 0 aliphatic heterocycles. The number of hydrogen-bond donors (Lipinski definition) is 1. The molecule has 1 aromatic rings. The molecule has 7 heteroatoms. The zero-order valence-electron chi connectivity index (χ0n) is 8.12. The smallest absolute Gasteiger partial charge is 0.394 e. The minimum Gasteiger partial charge on any atom is -0.394 e. The molecule has 0 amide bonds. The molecule has 0 aromatic carbocycles. The molecule has 0 atom stereocenters. The summed E-state index contributed by atoms with van der Waals surface area (Å²) in [6, 6.07) is 0. The third-order valence-electron chi connectivity index (χ3n) is 1.77. The number of nitrogen functional groups attached to an aromatic ring is 1. The average Bonchev–Trinajstić information content (AvgIpc) is 2.14. The maximum Gasteiger partial charge on any atom is 0.405 e. The number of nitrogens with two attached hydrogens (primary N) is 1. The maximum atomic E-state index is 12.2. The van der Waals surface area contributed by atoms with Gasteiger partial charge in [-0.05, 0) is 6.92 Å². The average molecular weight is 220 g/mol. The van der Waals surface area contributed by atoms with E-state index >= 15 is 0 Å². The SMILES string of the molecule is CCN(CC(F)(F)F)c1ncncc1N. The van der Waals surface area contributed by atoms with Gasteiger partial charge in [-0.3, -0.25) is 0 Å². The van der Waals surface area contributed by atoms with Gasteiger partial charge in [-0.25, -0.2) is 9.97 Å². The third-order valence-corrected chi connectivity index (χ3v) is 1.77. The zero-order chi connectivity index (χ0) is 11.5. The van der Waals surface area contributed by atoms with E-state index in [1.54, 1.807) is 6.92 Å². The van der Waals surface area contributed by atoms with Crippen LogP contribution in [0.15, 0.2) is 12.5 Å². The first-order valence-corrected chi connectivity index (χ1v) is 4.31. The molecule has 0 saturated heterocycles. The van der Waals surface area contributed by atoms with Gasteiger partial charge in [0.1, 0.15) is 12.9 Å². The van der Waals surface area contributed by atoms with Gasteiger partial charge in [0.05, 0.1) is 11.9 Å². The van der Waals surface area contributed by atoms with Crippen molar-refractivity contribution in [1.29, 1.82) is 0 Å². The van der Waals surface area contributed by atoms with Crippen LogP contribution >= 0.6 is 0 Å². The summed E-state index contributed by atoms with van der Waals surface area (Å²) in [6.07, 6.45) is -1.82. The Bertz CT molecular complexity index is 326. The summed E-state index contributed by atoms with van der Waals surface area (Å²) in [7, 11) is 0. The number of alkyl halides is 3. The summed E-state index contributed by atoms with van der Waals surface area (Å²) in [5.74, 6) is 0.116.